The fourth-order valence-corrected chi connectivity index (χ4v) is 2.77. The molecule has 1 heterocycles. The lowest BCUT2D eigenvalue weighted by Crippen LogP contribution is -2.00. The molecule has 2 N–H and O–H groups in total. The van der Waals surface area contributed by atoms with E-state index in [-0.39, 0.29) is 5.82 Å². The summed E-state index contributed by atoms with van der Waals surface area (Å²) in [5.41, 5.74) is 8.37. The van der Waals surface area contributed by atoms with Crippen LogP contribution in [0.3, 0.4) is 0 Å². The zero-order valence-corrected chi connectivity index (χ0v) is 12.4. The van der Waals surface area contributed by atoms with Crippen molar-refractivity contribution in [3.63, 3.8) is 0 Å². The molecule has 5 heteroatoms. The first kappa shape index (κ1) is 13.9. The Hall–Kier alpha value is -2.07. The van der Waals surface area contributed by atoms with Gasteiger partial charge >= 0.3 is 0 Å². The molecule has 108 valence electrons. The van der Waals surface area contributed by atoms with E-state index in [2.05, 4.69) is 11.9 Å². The summed E-state index contributed by atoms with van der Waals surface area (Å²) < 4.78 is 16.0. The van der Waals surface area contributed by atoms with Gasteiger partial charge in [-0.1, -0.05) is 24.6 Å². The standard InChI is InChI=1S/C16H15ClFN3/c1-2-6-21-14-5-3-4-13(18)15(14)20-16(21)10-7-11(17)9-12(19)8-10/h3-5,7-9H,2,6,19H2,1H3. The molecule has 0 unspecified atom stereocenters. The Morgan fingerprint density at radius 2 is 2.10 bits per heavy atom. The van der Waals surface area contributed by atoms with Crippen LogP contribution in [0.4, 0.5) is 10.1 Å². The second-order valence-electron chi connectivity index (χ2n) is 4.97. The highest BCUT2D eigenvalue weighted by molar-refractivity contribution is 6.31. The molecule has 1 aromatic heterocycles. The Balaban J connectivity index is 2.30. The third-order valence-corrected chi connectivity index (χ3v) is 3.57. The van der Waals surface area contributed by atoms with E-state index in [1.807, 2.05) is 10.6 Å². The summed E-state index contributed by atoms with van der Waals surface area (Å²) >= 11 is 6.07. The summed E-state index contributed by atoms with van der Waals surface area (Å²) in [5, 5.41) is 0.542. The van der Waals surface area contributed by atoms with Crippen molar-refractivity contribution >= 4 is 28.3 Å². The van der Waals surface area contributed by atoms with Gasteiger partial charge in [0, 0.05) is 22.8 Å². The van der Waals surface area contributed by atoms with Gasteiger partial charge in [-0.05, 0) is 36.8 Å². The van der Waals surface area contributed by atoms with E-state index in [0.717, 1.165) is 24.0 Å². The fraction of sp³-hybridized carbons (Fsp3) is 0.188. The summed E-state index contributed by atoms with van der Waals surface area (Å²) in [4.78, 5) is 4.46. The van der Waals surface area contributed by atoms with E-state index in [1.54, 1.807) is 24.3 Å². The van der Waals surface area contributed by atoms with Crippen molar-refractivity contribution in [3.05, 3.63) is 47.2 Å². The number of halogens is 2. The number of rotatable bonds is 3. The van der Waals surface area contributed by atoms with Crippen molar-refractivity contribution in [1.82, 2.24) is 9.55 Å². The molecule has 0 saturated carbocycles. The number of imidazole rings is 1. The van der Waals surface area contributed by atoms with Crippen LogP contribution in [0, 0.1) is 5.82 Å². The summed E-state index contributed by atoms with van der Waals surface area (Å²) in [6, 6.07) is 10.3. The van der Waals surface area contributed by atoms with Crippen LogP contribution < -0.4 is 5.73 Å². The number of fused-ring (bicyclic) bond motifs is 1. The van der Waals surface area contributed by atoms with Crippen molar-refractivity contribution < 1.29 is 4.39 Å². The second kappa shape index (κ2) is 5.37. The number of anilines is 1. The van der Waals surface area contributed by atoms with Crippen molar-refractivity contribution in [2.75, 3.05) is 5.73 Å². The molecule has 0 aliphatic heterocycles. The van der Waals surface area contributed by atoms with Crippen LogP contribution in [0.5, 0.6) is 0 Å². The molecule has 3 rings (SSSR count). The molecule has 21 heavy (non-hydrogen) atoms. The molecular weight excluding hydrogens is 289 g/mol. The average molecular weight is 304 g/mol. The van der Waals surface area contributed by atoms with Crippen LogP contribution in [0.2, 0.25) is 5.02 Å². The minimum atomic E-state index is -0.321. The summed E-state index contributed by atoms with van der Waals surface area (Å²) in [5.74, 6) is 0.366. The molecular formula is C16H15ClFN3. The highest BCUT2D eigenvalue weighted by Crippen LogP contribution is 2.29. The molecule has 0 atom stereocenters. The third kappa shape index (κ3) is 2.47. The fourth-order valence-electron chi connectivity index (χ4n) is 2.52. The SMILES string of the molecule is CCCn1c(-c2cc(N)cc(Cl)c2)nc2c(F)cccc21. The predicted octanol–water partition coefficient (Wildman–Crippen LogP) is 4.49. The van der Waals surface area contributed by atoms with Gasteiger partial charge in [0.2, 0.25) is 0 Å². The molecule has 0 aliphatic carbocycles. The molecule has 2 aromatic carbocycles. The number of aromatic nitrogens is 2. The maximum absolute atomic E-state index is 14.0. The van der Waals surface area contributed by atoms with Gasteiger partial charge in [-0.3, -0.25) is 0 Å². The van der Waals surface area contributed by atoms with Gasteiger partial charge in [0.05, 0.1) is 5.52 Å². The molecule has 0 amide bonds. The number of nitrogens with zero attached hydrogens (tertiary/aromatic N) is 2. The van der Waals surface area contributed by atoms with Gasteiger partial charge in [0.15, 0.2) is 5.82 Å². The second-order valence-corrected chi connectivity index (χ2v) is 5.40. The number of aryl methyl sites for hydroxylation is 1. The topological polar surface area (TPSA) is 43.8 Å². The van der Waals surface area contributed by atoms with Crippen molar-refractivity contribution in [3.8, 4) is 11.4 Å². The summed E-state index contributed by atoms with van der Waals surface area (Å²) in [6.45, 7) is 2.82. The summed E-state index contributed by atoms with van der Waals surface area (Å²) in [6.07, 6.45) is 0.922. The number of nitrogen functional groups attached to an aromatic ring is 1. The number of hydrogen-bond donors (Lipinski definition) is 1. The Morgan fingerprint density at radius 1 is 1.29 bits per heavy atom. The van der Waals surface area contributed by atoms with E-state index in [9.17, 15) is 4.39 Å². The normalized spacial score (nSPS) is 11.2. The van der Waals surface area contributed by atoms with Crippen molar-refractivity contribution in [2.45, 2.75) is 19.9 Å². The molecule has 0 radical (unpaired) electrons. The van der Waals surface area contributed by atoms with Gasteiger partial charge in [0.1, 0.15) is 11.3 Å². The lowest BCUT2D eigenvalue weighted by atomic mass is 10.2. The van der Waals surface area contributed by atoms with E-state index < -0.39 is 0 Å². The van der Waals surface area contributed by atoms with Crippen LogP contribution in [-0.4, -0.2) is 9.55 Å². The average Bonchev–Trinajstić information content (AvgIpc) is 2.79. The lowest BCUT2D eigenvalue weighted by molar-refractivity contribution is 0.637. The largest absolute Gasteiger partial charge is 0.399 e. The van der Waals surface area contributed by atoms with E-state index in [4.69, 9.17) is 17.3 Å². The van der Waals surface area contributed by atoms with E-state index in [1.165, 1.54) is 6.07 Å². The van der Waals surface area contributed by atoms with Gasteiger partial charge < -0.3 is 10.3 Å². The quantitative estimate of drug-likeness (QED) is 0.725. The number of benzene rings is 2. The zero-order chi connectivity index (χ0) is 15.0. The van der Waals surface area contributed by atoms with Crippen molar-refractivity contribution in [2.24, 2.45) is 0 Å². The molecule has 0 saturated heterocycles. The van der Waals surface area contributed by atoms with E-state index >= 15 is 0 Å². The van der Waals surface area contributed by atoms with Crippen LogP contribution in [-0.2, 0) is 6.54 Å². The Morgan fingerprint density at radius 3 is 2.81 bits per heavy atom. The third-order valence-electron chi connectivity index (χ3n) is 3.36. The Labute approximate surface area is 127 Å². The number of hydrogen-bond acceptors (Lipinski definition) is 2. The lowest BCUT2D eigenvalue weighted by Gasteiger charge is -2.09. The summed E-state index contributed by atoms with van der Waals surface area (Å²) in [7, 11) is 0. The van der Waals surface area contributed by atoms with Crippen LogP contribution in [0.1, 0.15) is 13.3 Å². The van der Waals surface area contributed by atoms with Crippen LogP contribution >= 0.6 is 11.6 Å². The number of nitrogens with two attached hydrogens (primary N) is 1. The van der Waals surface area contributed by atoms with Crippen LogP contribution in [0.25, 0.3) is 22.4 Å². The van der Waals surface area contributed by atoms with Crippen molar-refractivity contribution in [1.29, 1.82) is 0 Å². The molecule has 3 aromatic rings. The van der Waals surface area contributed by atoms with Gasteiger partial charge in [0.25, 0.3) is 0 Å². The minimum Gasteiger partial charge on any atom is -0.399 e. The first-order valence-corrected chi connectivity index (χ1v) is 7.19. The molecule has 3 nitrogen and oxygen atoms in total. The maximum Gasteiger partial charge on any atom is 0.151 e. The Bertz CT molecular complexity index is 790. The molecule has 0 aliphatic rings. The first-order chi connectivity index (χ1) is 10.1. The minimum absolute atomic E-state index is 0.321. The Kier molecular flexibility index (Phi) is 3.55. The van der Waals surface area contributed by atoms with Crippen LogP contribution in [0.15, 0.2) is 36.4 Å². The maximum atomic E-state index is 14.0. The first-order valence-electron chi connectivity index (χ1n) is 6.81. The highest BCUT2D eigenvalue weighted by Gasteiger charge is 2.15. The van der Waals surface area contributed by atoms with E-state index in [0.29, 0.717) is 22.1 Å². The molecule has 0 fully saturated rings. The molecule has 0 spiro atoms. The zero-order valence-electron chi connectivity index (χ0n) is 11.6. The highest BCUT2D eigenvalue weighted by atomic mass is 35.5. The van der Waals surface area contributed by atoms with Gasteiger partial charge in [-0.2, -0.15) is 0 Å². The van der Waals surface area contributed by atoms with Gasteiger partial charge in [-0.15, -0.1) is 0 Å². The molecule has 0 bridgehead atoms. The smallest absolute Gasteiger partial charge is 0.151 e. The number of para-hydroxylation sites is 1. The monoisotopic (exact) mass is 303 g/mol. The predicted molar refractivity (Wildman–Crippen MR) is 84.8 cm³/mol. The van der Waals surface area contributed by atoms with Gasteiger partial charge in [-0.25, -0.2) is 9.37 Å².